The SMILES string of the molecule is CCCN(CC1CC1)S(=O)(=O)c1c(C)cc(C)c(N)c1C. The van der Waals surface area contributed by atoms with Crippen LogP contribution in [0, 0.1) is 26.7 Å². The van der Waals surface area contributed by atoms with E-state index in [1.54, 1.807) is 4.31 Å². The van der Waals surface area contributed by atoms with E-state index >= 15 is 0 Å². The predicted molar refractivity (Wildman–Crippen MR) is 86.8 cm³/mol. The van der Waals surface area contributed by atoms with Crippen molar-refractivity contribution in [2.24, 2.45) is 5.92 Å². The molecule has 0 spiro atoms. The lowest BCUT2D eigenvalue weighted by Gasteiger charge is -2.24. The highest BCUT2D eigenvalue weighted by molar-refractivity contribution is 7.89. The lowest BCUT2D eigenvalue weighted by atomic mass is 10.1. The Labute approximate surface area is 128 Å². The molecule has 1 aliphatic rings. The maximum absolute atomic E-state index is 13.1. The number of hydrogen-bond donors (Lipinski definition) is 1. The minimum absolute atomic E-state index is 0.403. The minimum atomic E-state index is -3.47. The molecule has 0 amide bonds. The van der Waals surface area contributed by atoms with Crippen molar-refractivity contribution in [3.05, 3.63) is 22.8 Å². The first kappa shape index (κ1) is 16.3. The van der Waals surface area contributed by atoms with Gasteiger partial charge in [-0.2, -0.15) is 4.31 Å². The number of nitrogens with two attached hydrogens (primary N) is 1. The molecule has 1 aliphatic carbocycles. The fourth-order valence-corrected chi connectivity index (χ4v) is 4.91. The van der Waals surface area contributed by atoms with Gasteiger partial charge in [-0.05, 0) is 62.6 Å². The number of hydrogen-bond acceptors (Lipinski definition) is 3. The molecule has 2 N–H and O–H groups in total. The van der Waals surface area contributed by atoms with Gasteiger partial charge in [0.2, 0.25) is 10.0 Å². The first-order valence-electron chi connectivity index (χ1n) is 7.65. The molecule has 0 atom stereocenters. The van der Waals surface area contributed by atoms with Crippen molar-refractivity contribution in [2.75, 3.05) is 18.8 Å². The normalized spacial score (nSPS) is 15.7. The van der Waals surface area contributed by atoms with Crippen molar-refractivity contribution in [2.45, 2.75) is 51.9 Å². The fraction of sp³-hybridized carbons (Fsp3) is 0.625. The van der Waals surface area contributed by atoms with Gasteiger partial charge in [-0.25, -0.2) is 8.42 Å². The molecule has 4 nitrogen and oxygen atoms in total. The molecule has 118 valence electrons. The van der Waals surface area contributed by atoms with E-state index in [2.05, 4.69) is 0 Å². The van der Waals surface area contributed by atoms with Gasteiger partial charge in [0.15, 0.2) is 0 Å². The molecule has 21 heavy (non-hydrogen) atoms. The first-order valence-corrected chi connectivity index (χ1v) is 9.09. The first-order chi connectivity index (χ1) is 9.78. The summed E-state index contributed by atoms with van der Waals surface area (Å²) in [6.07, 6.45) is 3.11. The molecule has 0 heterocycles. The average molecular weight is 310 g/mol. The molecule has 0 aliphatic heterocycles. The standard InChI is InChI=1S/C16H26N2O2S/c1-5-8-18(10-14-6-7-14)21(19,20)16-12(3)9-11(2)15(17)13(16)4/h9,14H,5-8,10,17H2,1-4H3. The van der Waals surface area contributed by atoms with Gasteiger partial charge in [0.25, 0.3) is 0 Å². The Balaban J connectivity index is 2.48. The van der Waals surface area contributed by atoms with Crippen molar-refractivity contribution >= 4 is 15.7 Å². The van der Waals surface area contributed by atoms with E-state index in [9.17, 15) is 8.42 Å². The van der Waals surface area contributed by atoms with Crippen LogP contribution in [0.15, 0.2) is 11.0 Å². The molecular weight excluding hydrogens is 284 g/mol. The molecule has 1 aromatic carbocycles. The largest absolute Gasteiger partial charge is 0.398 e. The fourth-order valence-electron chi connectivity index (χ4n) is 2.86. The van der Waals surface area contributed by atoms with Crippen molar-refractivity contribution in [3.8, 4) is 0 Å². The van der Waals surface area contributed by atoms with E-state index < -0.39 is 10.0 Å². The van der Waals surface area contributed by atoms with Crippen molar-refractivity contribution in [1.82, 2.24) is 4.31 Å². The van der Waals surface area contributed by atoms with Gasteiger partial charge in [-0.15, -0.1) is 0 Å². The Kier molecular flexibility index (Phi) is 4.63. The Hall–Kier alpha value is -1.07. The van der Waals surface area contributed by atoms with Gasteiger partial charge in [0, 0.05) is 18.8 Å². The minimum Gasteiger partial charge on any atom is -0.398 e. The Morgan fingerprint density at radius 3 is 2.38 bits per heavy atom. The van der Waals surface area contributed by atoms with Crippen LogP contribution in [0.2, 0.25) is 0 Å². The molecule has 1 saturated carbocycles. The van der Waals surface area contributed by atoms with E-state index in [4.69, 9.17) is 5.73 Å². The highest BCUT2D eigenvalue weighted by Crippen LogP contribution is 2.34. The van der Waals surface area contributed by atoms with Crippen LogP contribution in [0.25, 0.3) is 0 Å². The summed E-state index contributed by atoms with van der Waals surface area (Å²) in [5, 5.41) is 0. The van der Waals surface area contributed by atoms with Crippen LogP contribution in [-0.4, -0.2) is 25.8 Å². The van der Waals surface area contributed by atoms with Crippen LogP contribution in [-0.2, 0) is 10.0 Å². The molecule has 2 rings (SSSR count). The second-order valence-electron chi connectivity index (χ2n) is 6.18. The Morgan fingerprint density at radius 1 is 1.24 bits per heavy atom. The zero-order valence-corrected chi connectivity index (χ0v) is 14.3. The summed E-state index contributed by atoms with van der Waals surface area (Å²) < 4.78 is 27.8. The molecule has 0 bridgehead atoms. The zero-order chi connectivity index (χ0) is 15.8. The third kappa shape index (κ3) is 3.24. The van der Waals surface area contributed by atoms with Crippen LogP contribution in [0.3, 0.4) is 0 Å². The lowest BCUT2D eigenvalue weighted by Crippen LogP contribution is -2.34. The van der Waals surface area contributed by atoms with E-state index in [1.165, 1.54) is 0 Å². The number of anilines is 1. The molecular formula is C16H26N2O2S. The van der Waals surface area contributed by atoms with Crippen LogP contribution in [0.4, 0.5) is 5.69 Å². The van der Waals surface area contributed by atoms with Crippen LogP contribution in [0.5, 0.6) is 0 Å². The van der Waals surface area contributed by atoms with E-state index in [0.29, 0.717) is 35.2 Å². The van der Waals surface area contributed by atoms with E-state index in [-0.39, 0.29) is 0 Å². The van der Waals surface area contributed by atoms with Gasteiger partial charge < -0.3 is 5.73 Å². The topological polar surface area (TPSA) is 63.4 Å². The summed E-state index contributed by atoms with van der Waals surface area (Å²) in [6.45, 7) is 8.81. The summed E-state index contributed by atoms with van der Waals surface area (Å²) in [7, 11) is -3.47. The smallest absolute Gasteiger partial charge is 0.243 e. The summed E-state index contributed by atoms with van der Waals surface area (Å²) in [4.78, 5) is 0.403. The lowest BCUT2D eigenvalue weighted by molar-refractivity contribution is 0.395. The second kappa shape index (κ2) is 5.97. The van der Waals surface area contributed by atoms with E-state index in [1.807, 2.05) is 33.8 Å². The van der Waals surface area contributed by atoms with Crippen molar-refractivity contribution in [3.63, 3.8) is 0 Å². The van der Waals surface area contributed by atoms with Crippen LogP contribution in [0.1, 0.15) is 42.9 Å². The maximum atomic E-state index is 13.1. The molecule has 0 saturated heterocycles. The third-order valence-electron chi connectivity index (χ3n) is 4.19. The van der Waals surface area contributed by atoms with Gasteiger partial charge >= 0.3 is 0 Å². The summed E-state index contributed by atoms with van der Waals surface area (Å²) >= 11 is 0. The number of nitrogen functional groups attached to an aromatic ring is 1. The summed E-state index contributed by atoms with van der Waals surface area (Å²) in [5.74, 6) is 0.537. The molecule has 5 heteroatoms. The Morgan fingerprint density at radius 2 is 1.86 bits per heavy atom. The highest BCUT2D eigenvalue weighted by atomic mass is 32.2. The maximum Gasteiger partial charge on any atom is 0.243 e. The summed E-state index contributed by atoms with van der Waals surface area (Å²) in [6, 6.07) is 1.87. The van der Waals surface area contributed by atoms with Gasteiger partial charge in [-0.1, -0.05) is 13.0 Å². The predicted octanol–water partition coefficient (Wildman–Crippen LogP) is 3.00. The number of rotatable bonds is 6. The van der Waals surface area contributed by atoms with Gasteiger partial charge in [0.05, 0.1) is 4.90 Å². The van der Waals surface area contributed by atoms with Crippen molar-refractivity contribution < 1.29 is 8.42 Å². The molecule has 0 radical (unpaired) electrons. The number of benzene rings is 1. The zero-order valence-electron chi connectivity index (χ0n) is 13.4. The number of sulfonamides is 1. The third-order valence-corrected chi connectivity index (χ3v) is 6.35. The van der Waals surface area contributed by atoms with Crippen molar-refractivity contribution in [1.29, 1.82) is 0 Å². The number of aryl methyl sites for hydroxylation is 2. The monoisotopic (exact) mass is 310 g/mol. The number of nitrogens with zero attached hydrogens (tertiary/aromatic N) is 1. The second-order valence-corrected chi connectivity index (χ2v) is 8.06. The molecule has 0 aromatic heterocycles. The molecule has 1 aromatic rings. The summed E-state index contributed by atoms with van der Waals surface area (Å²) in [5.41, 5.74) is 9.05. The van der Waals surface area contributed by atoms with Gasteiger partial charge in [-0.3, -0.25) is 0 Å². The quantitative estimate of drug-likeness (QED) is 0.822. The highest BCUT2D eigenvalue weighted by Gasteiger charge is 2.33. The average Bonchev–Trinajstić information content (AvgIpc) is 3.19. The van der Waals surface area contributed by atoms with E-state index in [0.717, 1.165) is 30.4 Å². The molecule has 0 unspecified atom stereocenters. The van der Waals surface area contributed by atoms with Crippen LogP contribution < -0.4 is 5.73 Å². The Bertz CT molecular complexity index is 634. The van der Waals surface area contributed by atoms with Crippen LogP contribution >= 0.6 is 0 Å². The molecule has 1 fully saturated rings. The van der Waals surface area contributed by atoms with Gasteiger partial charge in [0.1, 0.15) is 0 Å².